The van der Waals surface area contributed by atoms with Gasteiger partial charge in [-0.3, -0.25) is 4.98 Å². The molecule has 21 heavy (non-hydrogen) atoms. The quantitative estimate of drug-likeness (QED) is 0.773. The van der Waals surface area contributed by atoms with Crippen molar-refractivity contribution in [2.24, 2.45) is 5.92 Å². The summed E-state index contributed by atoms with van der Waals surface area (Å²) in [6.07, 6.45) is 5.68. The second kappa shape index (κ2) is 5.24. The molecule has 0 aliphatic heterocycles. The number of rotatable bonds is 3. The highest BCUT2D eigenvalue weighted by atomic mass is 16.3. The predicted octanol–water partition coefficient (Wildman–Crippen LogP) is 4.37. The minimum atomic E-state index is 0.369. The average Bonchev–Trinajstić information content (AvgIpc) is 2.76. The molecule has 3 aromatic rings. The normalized spacial score (nSPS) is 11.4. The molecule has 0 atom stereocenters. The van der Waals surface area contributed by atoms with Gasteiger partial charge < -0.3 is 9.67 Å². The fraction of sp³-hybridized carbons (Fsp3) is 0.278. The Morgan fingerprint density at radius 2 is 2.05 bits per heavy atom. The van der Waals surface area contributed by atoms with Gasteiger partial charge in [0.2, 0.25) is 0 Å². The summed E-state index contributed by atoms with van der Waals surface area (Å²) in [4.78, 5) is 4.18. The van der Waals surface area contributed by atoms with E-state index in [1.165, 1.54) is 0 Å². The lowest BCUT2D eigenvalue weighted by molar-refractivity contribution is 0.399. The summed E-state index contributed by atoms with van der Waals surface area (Å²) in [6.45, 7) is 7.17. The van der Waals surface area contributed by atoms with Gasteiger partial charge in [0, 0.05) is 41.5 Å². The molecule has 108 valence electrons. The highest BCUT2D eigenvalue weighted by Crippen LogP contribution is 2.34. The molecule has 1 N–H and O–H groups in total. The zero-order chi connectivity index (χ0) is 15.0. The van der Waals surface area contributed by atoms with Gasteiger partial charge in [-0.1, -0.05) is 26.0 Å². The second-order valence-electron chi connectivity index (χ2n) is 6.00. The number of hydrogen-bond acceptors (Lipinski definition) is 2. The highest BCUT2D eigenvalue weighted by molar-refractivity contribution is 5.94. The Hall–Kier alpha value is -2.29. The second-order valence-corrected chi connectivity index (χ2v) is 6.00. The van der Waals surface area contributed by atoms with Gasteiger partial charge >= 0.3 is 0 Å². The van der Waals surface area contributed by atoms with Crippen LogP contribution in [0.4, 0.5) is 0 Å². The molecular formula is C18H20N2O. The number of benzene rings is 1. The van der Waals surface area contributed by atoms with Crippen LogP contribution < -0.4 is 0 Å². The van der Waals surface area contributed by atoms with Crippen LogP contribution in [0.3, 0.4) is 0 Å². The van der Waals surface area contributed by atoms with E-state index in [4.69, 9.17) is 0 Å². The van der Waals surface area contributed by atoms with Crippen LogP contribution in [0.2, 0.25) is 0 Å². The number of aryl methyl sites for hydroxylation is 1. The molecule has 1 aromatic carbocycles. The Labute approximate surface area is 124 Å². The van der Waals surface area contributed by atoms with Gasteiger partial charge in [0.05, 0.1) is 0 Å². The number of hydrogen-bond donors (Lipinski definition) is 1. The fourth-order valence-electron chi connectivity index (χ4n) is 2.83. The van der Waals surface area contributed by atoms with Crippen LogP contribution >= 0.6 is 0 Å². The van der Waals surface area contributed by atoms with Crippen molar-refractivity contribution >= 4 is 10.8 Å². The lowest BCUT2D eigenvalue weighted by Gasteiger charge is -2.07. The predicted molar refractivity (Wildman–Crippen MR) is 86.4 cm³/mol. The third kappa shape index (κ3) is 2.51. The summed E-state index contributed by atoms with van der Waals surface area (Å²) in [5.74, 6) is 0.866. The molecule has 0 fully saturated rings. The summed E-state index contributed by atoms with van der Waals surface area (Å²) in [5.41, 5.74) is 3.32. The van der Waals surface area contributed by atoms with E-state index >= 15 is 0 Å². The molecule has 3 nitrogen and oxygen atoms in total. The average molecular weight is 280 g/mol. The van der Waals surface area contributed by atoms with Crippen LogP contribution in [0.5, 0.6) is 5.88 Å². The third-order valence-electron chi connectivity index (χ3n) is 3.71. The molecular weight excluding hydrogens is 260 g/mol. The van der Waals surface area contributed by atoms with Crippen LogP contribution in [0, 0.1) is 12.8 Å². The maximum Gasteiger partial charge on any atom is 0.199 e. The van der Waals surface area contributed by atoms with Crippen molar-refractivity contribution in [3.05, 3.63) is 48.4 Å². The van der Waals surface area contributed by atoms with Gasteiger partial charge in [0.1, 0.15) is 0 Å². The molecule has 0 amide bonds. The zero-order valence-corrected chi connectivity index (χ0v) is 12.7. The zero-order valence-electron chi connectivity index (χ0n) is 12.7. The Bertz CT molecular complexity index is 773. The van der Waals surface area contributed by atoms with Gasteiger partial charge in [-0.2, -0.15) is 0 Å². The van der Waals surface area contributed by atoms with Gasteiger partial charge in [0.15, 0.2) is 5.88 Å². The molecule has 0 bridgehead atoms. The van der Waals surface area contributed by atoms with E-state index in [1.807, 2.05) is 30.0 Å². The standard InChI is InChI=1S/C18H20N2O/c1-12(2)10-20-11-16-8-15(14-5-4-6-19-9-14)7-13(3)17(16)18(20)21/h4-9,11-12,21H,10H2,1-3H3. The lowest BCUT2D eigenvalue weighted by atomic mass is 10.0. The van der Waals surface area contributed by atoms with Crippen molar-refractivity contribution in [3.8, 4) is 17.0 Å². The Morgan fingerprint density at radius 1 is 1.24 bits per heavy atom. The topological polar surface area (TPSA) is 38.0 Å². The van der Waals surface area contributed by atoms with Crippen molar-refractivity contribution in [1.29, 1.82) is 0 Å². The highest BCUT2D eigenvalue weighted by Gasteiger charge is 2.13. The Kier molecular flexibility index (Phi) is 3.42. The van der Waals surface area contributed by atoms with Crippen molar-refractivity contribution in [1.82, 2.24) is 9.55 Å². The van der Waals surface area contributed by atoms with E-state index in [2.05, 4.69) is 37.0 Å². The van der Waals surface area contributed by atoms with Crippen molar-refractivity contribution in [2.75, 3.05) is 0 Å². The molecule has 0 spiro atoms. The van der Waals surface area contributed by atoms with Gasteiger partial charge in [-0.15, -0.1) is 0 Å². The van der Waals surface area contributed by atoms with Crippen LogP contribution in [0.1, 0.15) is 19.4 Å². The molecule has 0 saturated carbocycles. The first-order chi connectivity index (χ1) is 10.1. The molecule has 3 rings (SSSR count). The van der Waals surface area contributed by atoms with Gasteiger partial charge in [0.25, 0.3) is 0 Å². The molecule has 0 saturated heterocycles. The molecule has 0 radical (unpaired) electrons. The number of fused-ring (bicyclic) bond motifs is 1. The molecule has 2 aromatic heterocycles. The molecule has 0 unspecified atom stereocenters. The van der Waals surface area contributed by atoms with E-state index in [9.17, 15) is 5.11 Å². The Morgan fingerprint density at radius 3 is 2.71 bits per heavy atom. The number of aromatic nitrogens is 2. The first kappa shape index (κ1) is 13.7. The number of aromatic hydroxyl groups is 1. The van der Waals surface area contributed by atoms with Crippen LogP contribution in [-0.2, 0) is 6.54 Å². The minimum absolute atomic E-state index is 0.369. The Balaban J connectivity index is 2.16. The summed E-state index contributed by atoms with van der Waals surface area (Å²) < 4.78 is 1.94. The summed E-state index contributed by atoms with van der Waals surface area (Å²) in [7, 11) is 0. The van der Waals surface area contributed by atoms with Crippen LogP contribution in [-0.4, -0.2) is 14.7 Å². The molecule has 2 heterocycles. The summed E-state index contributed by atoms with van der Waals surface area (Å²) in [6, 6.07) is 8.23. The molecule has 0 aliphatic rings. The third-order valence-corrected chi connectivity index (χ3v) is 3.71. The van der Waals surface area contributed by atoms with Crippen molar-refractivity contribution in [3.63, 3.8) is 0 Å². The SMILES string of the molecule is Cc1cc(-c2cccnc2)cc2cn(CC(C)C)c(O)c12. The fourth-order valence-corrected chi connectivity index (χ4v) is 2.83. The van der Waals surface area contributed by atoms with E-state index in [-0.39, 0.29) is 0 Å². The maximum atomic E-state index is 10.4. The first-order valence-electron chi connectivity index (χ1n) is 7.29. The molecule has 0 aliphatic carbocycles. The number of nitrogens with zero attached hydrogens (tertiary/aromatic N) is 2. The smallest absolute Gasteiger partial charge is 0.199 e. The van der Waals surface area contributed by atoms with Gasteiger partial charge in [-0.05, 0) is 36.1 Å². The molecule has 3 heteroatoms. The first-order valence-corrected chi connectivity index (χ1v) is 7.29. The lowest BCUT2D eigenvalue weighted by Crippen LogP contribution is -2.01. The summed E-state index contributed by atoms with van der Waals surface area (Å²) in [5, 5.41) is 12.5. The largest absolute Gasteiger partial charge is 0.494 e. The number of pyridine rings is 1. The maximum absolute atomic E-state index is 10.4. The monoisotopic (exact) mass is 280 g/mol. The van der Waals surface area contributed by atoms with E-state index < -0.39 is 0 Å². The van der Waals surface area contributed by atoms with Crippen molar-refractivity contribution < 1.29 is 5.11 Å². The summed E-state index contributed by atoms with van der Waals surface area (Å²) >= 11 is 0. The van der Waals surface area contributed by atoms with Crippen molar-refractivity contribution in [2.45, 2.75) is 27.3 Å². The minimum Gasteiger partial charge on any atom is -0.494 e. The van der Waals surface area contributed by atoms with E-state index in [0.717, 1.165) is 34.0 Å². The van der Waals surface area contributed by atoms with E-state index in [1.54, 1.807) is 6.20 Å². The van der Waals surface area contributed by atoms with Gasteiger partial charge in [-0.25, -0.2) is 0 Å². The van der Waals surface area contributed by atoms with E-state index in [0.29, 0.717) is 11.8 Å². The van der Waals surface area contributed by atoms with Crippen LogP contribution in [0.25, 0.3) is 21.9 Å². The van der Waals surface area contributed by atoms with Crippen LogP contribution in [0.15, 0.2) is 42.9 Å².